The van der Waals surface area contributed by atoms with Crippen LogP contribution in [0, 0.1) is 0 Å². The molecule has 5 nitrogen and oxygen atoms in total. The number of imidazole rings is 1. The van der Waals surface area contributed by atoms with Crippen molar-refractivity contribution in [2.45, 2.75) is 5.54 Å². The van der Waals surface area contributed by atoms with Crippen molar-refractivity contribution in [1.29, 1.82) is 0 Å². The lowest BCUT2D eigenvalue weighted by molar-refractivity contribution is 0.0998. The Morgan fingerprint density at radius 1 is 0.585 bits per heavy atom. The smallest absolute Gasteiger partial charge is 0.248 e. The van der Waals surface area contributed by atoms with Crippen molar-refractivity contribution >= 4 is 11.7 Å². The summed E-state index contributed by atoms with van der Waals surface area (Å²) in [6.07, 6.45) is 3.57. The number of hydrogen-bond donors (Lipinski definition) is 1. The Kier molecular flexibility index (Phi) is 6.84. The lowest BCUT2D eigenvalue weighted by Crippen LogP contribution is -2.37. The fourth-order valence-corrected chi connectivity index (χ4v) is 5.42. The van der Waals surface area contributed by atoms with Gasteiger partial charge in [0.2, 0.25) is 11.7 Å². The van der Waals surface area contributed by atoms with Crippen LogP contribution in [0.1, 0.15) is 43.1 Å². The minimum Gasteiger partial charge on any atom is -0.366 e. The minimum absolute atomic E-state index is 0.177. The van der Waals surface area contributed by atoms with E-state index in [9.17, 15) is 9.59 Å². The van der Waals surface area contributed by atoms with Gasteiger partial charge in [0.1, 0.15) is 11.2 Å². The molecule has 0 saturated carbocycles. The van der Waals surface area contributed by atoms with Crippen LogP contribution in [-0.2, 0) is 5.54 Å². The predicted octanol–water partition coefficient (Wildman–Crippen LogP) is 6.72. The number of benzene rings is 5. The fourth-order valence-electron chi connectivity index (χ4n) is 5.42. The van der Waals surface area contributed by atoms with Crippen molar-refractivity contribution in [3.05, 3.63) is 186 Å². The highest BCUT2D eigenvalue weighted by molar-refractivity contribution is 6.07. The quantitative estimate of drug-likeness (QED) is 0.174. The van der Waals surface area contributed by atoms with Gasteiger partial charge in [-0.05, 0) is 39.9 Å². The van der Waals surface area contributed by atoms with E-state index in [1.54, 1.807) is 36.7 Å². The molecule has 198 valence electrons. The van der Waals surface area contributed by atoms with Gasteiger partial charge in [0.05, 0.1) is 6.33 Å². The second kappa shape index (κ2) is 10.9. The van der Waals surface area contributed by atoms with Crippen LogP contribution in [0.25, 0.3) is 11.1 Å². The van der Waals surface area contributed by atoms with Crippen molar-refractivity contribution in [1.82, 2.24) is 9.55 Å². The Morgan fingerprint density at radius 3 is 1.63 bits per heavy atom. The maximum Gasteiger partial charge on any atom is 0.248 e. The first-order chi connectivity index (χ1) is 20.1. The molecule has 0 bridgehead atoms. The summed E-state index contributed by atoms with van der Waals surface area (Å²) in [7, 11) is 0. The Labute approximate surface area is 238 Å². The van der Waals surface area contributed by atoms with Gasteiger partial charge in [-0.1, -0.05) is 127 Å². The van der Waals surface area contributed by atoms with Gasteiger partial charge in [-0.2, -0.15) is 0 Å². The zero-order chi connectivity index (χ0) is 28.2. The predicted molar refractivity (Wildman–Crippen MR) is 161 cm³/mol. The van der Waals surface area contributed by atoms with E-state index in [-0.39, 0.29) is 5.78 Å². The van der Waals surface area contributed by atoms with Gasteiger partial charge in [0, 0.05) is 17.3 Å². The summed E-state index contributed by atoms with van der Waals surface area (Å²) in [6.45, 7) is 0. The van der Waals surface area contributed by atoms with E-state index in [2.05, 4.69) is 41.4 Å². The molecule has 0 saturated heterocycles. The number of amides is 1. The molecule has 6 rings (SSSR count). The topological polar surface area (TPSA) is 78.0 Å². The molecular weight excluding hydrogens is 506 g/mol. The van der Waals surface area contributed by atoms with Crippen LogP contribution in [0.4, 0.5) is 0 Å². The number of nitrogens with zero attached hydrogens (tertiary/aromatic N) is 2. The first-order valence-electron chi connectivity index (χ1n) is 13.3. The zero-order valence-corrected chi connectivity index (χ0v) is 22.2. The van der Waals surface area contributed by atoms with Crippen LogP contribution in [0.5, 0.6) is 0 Å². The number of hydrogen-bond acceptors (Lipinski definition) is 3. The Hall–Kier alpha value is -5.55. The molecule has 5 aromatic carbocycles. The molecule has 0 spiro atoms. The lowest BCUT2D eigenvalue weighted by atomic mass is 9.77. The summed E-state index contributed by atoms with van der Waals surface area (Å²) in [6, 6.07) is 45.2. The van der Waals surface area contributed by atoms with Crippen LogP contribution in [0.15, 0.2) is 152 Å². The zero-order valence-electron chi connectivity index (χ0n) is 22.2. The Morgan fingerprint density at radius 2 is 1.12 bits per heavy atom. The van der Waals surface area contributed by atoms with Crippen molar-refractivity contribution < 1.29 is 9.59 Å². The van der Waals surface area contributed by atoms with Crippen molar-refractivity contribution in [2.75, 3.05) is 0 Å². The molecule has 0 aliphatic carbocycles. The Bertz CT molecular complexity index is 1710. The highest BCUT2D eigenvalue weighted by Gasteiger charge is 2.38. The summed E-state index contributed by atoms with van der Waals surface area (Å²) in [5.74, 6) is -0.656. The van der Waals surface area contributed by atoms with E-state index in [0.717, 1.165) is 27.8 Å². The standard InChI is InChI=1S/C36H27N3O2/c37-35(41)29-12-10-11-28(23-29)26-19-21-27(22-20-26)34(40)33-24-39(25-38-33)36(30-13-4-1-5-14-30,31-15-6-2-7-16-31)32-17-8-3-9-18-32/h1-25H,(H2,37,41). The number of carbonyl (C=O) groups excluding carboxylic acids is 2. The first-order valence-corrected chi connectivity index (χ1v) is 13.3. The van der Waals surface area contributed by atoms with Crippen LogP contribution < -0.4 is 5.73 Å². The van der Waals surface area contributed by atoms with E-state index in [4.69, 9.17) is 5.73 Å². The summed E-state index contributed by atoms with van der Waals surface area (Å²) in [5.41, 5.74) is 10.9. The number of ketones is 1. The highest BCUT2D eigenvalue weighted by atomic mass is 16.1. The van der Waals surface area contributed by atoms with Gasteiger partial charge < -0.3 is 10.3 Å². The molecule has 0 radical (unpaired) electrons. The van der Waals surface area contributed by atoms with Crippen LogP contribution in [0.3, 0.4) is 0 Å². The van der Waals surface area contributed by atoms with Gasteiger partial charge in [-0.15, -0.1) is 0 Å². The molecule has 6 aromatic rings. The van der Waals surface area contributed by atoms with Gasteiger partial charge >= 0.3 is 0 Å². The number of aromatic nitrogens is 2. The van der Waals surface area contributed by atoms with Crippen molar-refractivity contribution in [2.24, 2.45) is 5.73 Å². The molecule has 0 aliphatic heterocycles. The van der Waals surface area contributed by atoms with E-state index in [1.165, 1.54) is 0 Å². The van der Waals surface area contributed by atoms with Crippen molar-refractivity contribution in [3.63, 3.8) is 0 Å². The molecule has 0 fully saturated rings. The van der Waals surface area contributed by atoms with Crippen molar-refractivity contribution in [3.8, 4) is 11.1 Å². The summed E-state index contributed by atoms with van der Waals surface area (Å²) in [4.78, 5) is 29.9. The number of rotatable bonds is 8. The second-order valence-corrected chi connectivity index (χ2v) is 9.83. The molecule has 41 heavy (non-hydrogen) atoms. The number of nitrogens with two attached hydrogens (primary N) is 1. The second-order valence-electron chi connectivity index (χ2n) is 9.83. The SMILES string of the molecule is NC(=O)c1cccc(-c2ccc(C(=O)c3cn(C(c4ccccc4)(c4ccccc4)c4ccccc4)cn3)cc2)c1. The summed E-state index contributed by atoms with van der Waals surface area (Å²) in [5, 5.41) is 0. The summed E-state index contributed by atoms with van der Waals surface area (Å²) >= 11 is 0. The molecule has 1 aromatic heterocycles. The van der Waals surface area contributed by atoms with Gasteiger partial charge in [-0.3, -0.25) is 9.59 Å². The molecule has 5 heteroatoms. The normalized spacial score (nSPS) is 11.2. The minimum atomic E-state index is -0.745. The monoisotopic (exact) mass is 533 g/mol. The molecule has 2 N–H and O–H groups in total. The largest absolute Gasteiger partial charge is 0.366 e. The molecule has 0 aliphatic rings. The third-order valence-corrected chi connectivity index (χ3v) is 7.40. The van der Waals surface area contributed by atoms with Gasteiger partial charge in [-0.25, -0.2) is 4.98 Å². The highest BCUT2D eigenvalue weighted by Crippen LogP contribution is 2.40. The lowest BCUT2D eigenvalue weighted by Gasteiger charge is -2.37. The third kappa shape index (κ3) is 4.74. The molecular formula is C36H27N3O2. The van der Waals surface area contributed by atoms with E-state index in [0.29, 0.717) is 16.8 Å². The van der Waals surface area contributed by atoms with Crippen LogP contribution in [-0.4, -0.2) is 21.2 Å². The number of carbonyl (C=O) groups is 2. The van der Waals surface area contributed by atoms with E-state index >= 15 is 0 Å². The van der Waals surface area contributed by atoms with E-state index in [1.807, 2.05) is 83.6 Å². The van der Waals surface area contributed by atoms with Gasteiger partial charge in [0.15, 0.2) is 0 Å². The van der Waals surface area contributed by atoms with Crippen LogP contribution in [0.2, 0.25) is 0 Å². The first kappa shape index (κ1) is 25.7. The average molecular weight is 534 g/mol. The third-order valence-electron chi connectivity index (χ3n) is 7.40. The maximum atomic E-state index is 13.7. The molecule has 0 atom stereocenters. The van der Waals surface area contributed by atoms with Crippen LogP contribution >= 0.6 is 0 Å². The number of primary amides is 1. The van der Waals surface area contributed by atoms with E-state index < -0.39 is 11.4 Å². The van der Waals surface area contributed by atoms with Gasteiger partial charge in [0.25, 0.3) is 0 Å². The molecule has 1 heterocycles. The average Bonchev–Trinajstić information content (AvgIpc) is 3.53. The molecule has 0 unspecified atom stereocenters. The summed E-state index contributed by atoms with van der Waals surface area (Å²) < 4.78 is 2.03. The maximum absolute atomic E-state index is 13.7. The fraction of sp³-hybridized carbons (Fsp3) is 0.0278. The molecule has 1 amide bonds. The Balaban J connectivity index is 1.42.